The quantitative estimate of drug-likeness (QED) is 0.602. The Balaban J connectivity index is 1.87. The van der Waals surface area contributed by atoms with Crippen LogP contribution in [0.4, 0.5) is 0 Å². The van der Waals surface area contributed by atoms with Gasteiger partial charge in [0.25, 0.3) is 0 Å². The lowest BCUT2D eigenvalue weighted by Gasteiger charge is -2.14. The molecule has 0 aliphatic heterocycles. The second-order valence-electron chi connectivity index (χ2n) is 5.88. The Hall–Kier alpha value is -3.40. The molecule has 0 saturated heterocycles. The number of rotatable bonds is 4. The number of pyridine rings is 1. The fourth-order valence-electron chi connectivity index (χ4n) is 3.19. The van der Waals surface area contributed by atoms with E-state index in [0.29, 0.717) is 6.54 Å². The van der Waals surface area contributed by atoms with E-state index in [1.807, 2.05) is 47.0 Å². The molecule has 2 aromatic carbocycles. The Morgan fingerprint density at radius 2 is 1.80 bits per heavy atom. The van der Waals surface area contributed by atoms with E-state index in [-0.39, 0.29) is 5.69 Å². The molecule has 4 nitrogen and oxygen atoms in total. The lowest BCUT2D eigenvalue weighted by molar-refractivity contribution is 0.0686. The van der Waals surface area contributed by atoms with Gasteiger partial charge in [-0.05, 0) is 40.6 Å². The van der Waals surface area contributed by atoms with Gasteiger partial charge in [-0.25, -0.2) is 4.79 Å². The number of nitrogens with zero attached hydrogens (tertiary/aromatic N) is 2. The van der Waals surface area contributed by atoms with E-state index in [2.05, 4.69) is 23.2 Å². The molecule has 122 valence electrons. The minimum Gasteiger partial charge on any atom is -0.477 e. The average Bonchev–Trinajstić information content (AvgIpc) is 3.07. The molecule has 0 bridgehead atoms. The lowest BCUT2D eigenvalue weighted by Crippen LogP contribution is -2.11. The van der Waals surface area contributed by atoms with Crippen LogP contribution in [0.1, 0.15) is 16.1 Å². The number of hydrogen-bond donors (Lipinski definition) is 1. The predicted octanol–water partition coefficient (Wildman–Crippen LogP) is 4.45. The molecule has 0 atom stereocenters. The number of carboxylic acid groups (broad SMARTS) is 1. The van der Waals surface area contributed by atoms with Crippen LogP contribution in [-0.4, -0.2) is 20.6 Å². The number of benzene rings is 2. The van der Waals surface area contributed by atoms with Gasteiger partial charge in [-0.3, -0.25) is 4.98 Å². The summed E-state index contributed by atoms with van der Waals surface area (Å²) in [6, 6.07) is 21.5. The van der Waals surface area contributed by atoms with Crippen molar-refractivity contribution in [1.29, 1.82) is 0 Å². The number of fused-ring (bicyclic) bond motifs is 1. The molecule has 2 heterocycles. The monoisotopic (exact) mass is 328 g/mol. The van der Waals surface area contributed by atoms with Crippen LogP contribution in [0.15, 0.2) is 79.1 Å². The van der Waals surface area contributed by atoms with Crippen molar-refractivity contribution < 1.29 is 9.90 Å². The van der Waals surface area contributed by atoms with E-state index in [4.69, 9.17) is 0 Å². The SMILES string of the molecule is O=C(O)c1ccc(-c2cccnc2)n1Cc1cccc2ccccc12. The molecule has 0 saturated carbocycles. The average molecular weight is 328 g/mol. The summed E-state index contributed by atoms with van der Waals surface area (Å²) in [5.41, 5.74) is 3.10. The maximum Gasteiger partial charge on any atom is 0.352 e. The fraction of sp³-hybridized carbons (Fsp3) is 0.0476. The summed E-state index contributed by atoms with van der Waals surface area (Å²) in [6.07, 6.45) is 3.46. The zero-order valence-corrected chi connectivity index (χ0v) is 13.5. The first kappa shape index (κ1) is 15.1. The summed E-state index contributed by atoms with van der Waals surface area (Å²) in [6.45, 7) is 0.486. The Labute approximate surface area is 145 Å². The van der Waals surface area contributed by atoms with Crippen LogP contribution in [0.25, 0.3) is 22.0 Å². The van der Waals surface area contributed by atoms with Gasteiger partial charge in [-0.2, -0.15) is 0 Å². The first-order valence-corrected chi connectivity index (χ1v) is 8.04. The van der Waals surface area contributed by atoms with Crippen LogP contribution in [0.3, 0.4) is 0 Å². The van der Waals surface area contributed by atoms with E-state index in [1.54, 1.807) is 18.5 Å². The number of aromatic nitrogens is 2. The molecular formula is C21H16N2O2. The smallest absolute Gasteiger partial charge is 0.352 e. The highest BCUT2D eigenvalue weighted by Crippen LogP contribution is 2.26. The van der Waals surface area contributed by atoms with Gasteiger partial charge in [-0.1, -0.05) is 42.5 Å². The molecule has 2 aromatic heterocycles. The van der Waals surface area contributed by atoms with E-state index in [1.165, 1.54) is 0 Å². The first-order valence-electron chi connectivity index (χ1n) is 8.04. The predicted molar refractivity (Wildman–Crippen MR) is 97.7 cm³/mol. The van der Waals surface area contributed by atoms with Crippen LogP contribution >= 0.6 is 0 Å². The van der Waals surface area contributed by atoms with Crippen molar-refractivity contribution in [1.82, 2.24) is 9.55 Å². The molecule has 0 fully saturated rings. The van der Waals surface area contributed by atoms with Crippen molar-refractivity contribution in [2.24, 2.45) is 0 Å². The summed E-state index contributed by atoms with van der Waals surface area (Å²) in [7, 11) is 0. The van der Waals surface area contributed by atoms with Crippen LogP contribution in [-0.2, 0) is 6.54 Å². The van der Waals surface area contributed by atoms with Crippen LogP contribution in [0.2, 0.25) is 0 Å². The largest absolute Gasteiger partial charge is 0.477 e. The molecule has 4 heteroatoms. The van der Waals surface area contributed by atoms with Crippen LogP contribution in [0, 0.1) is 0 Å². The van der Waals surface area contributed by atoms with Gasteiger partial charge < -0.3 is 9.67 Å². The molecule has 0 spiro atoms. The van der Waals surface area contributed by atoms with Crippen molar-refractivity contribution in [3.63, 3.8) is 0 Å². The van der Waals surface area contributed by atoms with Gasteiger partial charge in [0.15, 0.2) is 0 Å². The molecule has 4 rings (SSSR count). The third-order valence-electron chi connectivity index (χ3n) is 4.37. The highest BCUT2D eigenvalue weighted by Gasteiger charge is 2.16. The fourth-order valence-corrected chi connectivity index (χ4v) is 3.19. The molecule has 0 aliphatic rings. The van der Waals surface area contributed by atoms with Crippen molar-refractivity contribution in [3.8, 4) is 11.3 Å². The highest BCUT2D eigenvalue weighted by molar-refractivity contribution is 5.88. The Kier molecular flexibility index (Phi) is 3.78. The van der Waals surface area contributed by atoms with Gasteiger partial charge in [0, 0.05) is 24.5 Å². The summed E-state index contributed by atoms with van der Waals surface area (Å²) in [4.78, 5) is 15.8. The zero-order valence-electron chi connectivity index (χ0n) is 13.5. The molecule has 1 N–H and O–H groups in total. The van der Waals surface area contributed by atoms with Gasteiger partial charge in [0.2, 0.25) is 0 Å². The Morgan fingerprint density at radius 3 is 2.60 bits per heavy atom. The third kappa shape index (κ3) is 2.78. The molecule has 0 aliphatic carbocycles. The number of hydrogen-bond acceptors (Lipinski definition) is 2. The summed E-state index contributed by atoms with van der Waals surface area (Å²) >= 11 is 0. The summed E-state index contributed by atoms with van der Waals surface area (Å²) < 4.78 is 1.83. The first-order chi connectivity index (χ1) is 12.2. The van der Waals surface area contributed by atoms with E-state index < -0.39 is 5.97 Å². The molecule has 0 radical (unpaired) electrons. The third-order valence-corrected chi connectivity index (χ3v) is 4.37. The van der Waals surface area contributed by atoms with Gasteiger partial charge in [0.1, 0.15) is 5.69 Å². The van der Waals surface area contributed by atoms with E-state index >= 15 is 0 Å². The van der Waals surface area contributed by atoms with Crippen molar-refractivity contribution in [2.45, 2.75) is 6.54 Å². The van der Waals surface area contributed by atoms with Crippen LogP contribution in [0.5, 0.6) is 0 Å². The van der Waals surface area contributed by atoms with Crippen LogP contribution < -0.4 is 0 Å². The minimum atomic E-state index is -0.935. The van der Waals surface area contributed by atoms with Crippen molar-refractivity contribution >= 4 is 16.7 Å². The second kappa shape index (κ2) is 6.24. The molecular weight excluding hydrogens is 312 g/mol. The number of aromatic carboxylic acids is 1. The Morgan fingerprint density at radius 1 is 0.960 bits per heavy atom. The van der Waals surface area contributed by atoms with E-state index in [0.717, 1.165) is 27.6 Å². The maximum atomic E-state index is 11.7. The number of carbonyl (C=O) groups is 1. The standard InChI is InChI=1S/C21H16N2O2/c24-21(25)20-11-10-19(16-8-4-12-22-13-16)23(20)14-17-7-3-6-15-5-1-2-9-18(15)17/h1-13H,14H2,(H,24,25). The number of carboxylic acids is 1. The van der Waals surface area contributed by atoms with E-state index in [9.17, 15) is 9.90 Å². The molecule has 25 heavy (non-hydrogen) atoms. The van der Waals surface area contributed by atoms with Gasteiger partial charge >= 0.3 is 5.97 Å². The van der Waals surface area contributed by atoms with Gasteiger partial charge in [0.05, 0.1) is 5.69 Å². The highest BCUT2D eigenvalue weighted by atomic mass is 16.4. The molecule has 0 amide bonds. The normalized spacial score (nSPS) is 10.9. The summed E-state index contributed by atoms with van der Waals surface area (Å²) in [5, 5.41) is 11.9. The Bertz CT molecular complexity index is 1050. The van der Waals surface area contributed by atoms with Gasteiger partial charge in [-0.15, -0.1) is 0 Å². The van der Waals surface area contributed by atoms with Crippen molar-refractivity contribution in [2.75, 3.05) is 0 Å². The maximum absolute atomic E-state index is 11.7. The minimum absolute atomic E-state index is 0.270. The molecule has 0 unspecified atom stereocenters. The lowest BCUT2D eigenvalue weighted by atomic mass is 10.0. The second-order valence-corrected chi connectivity index (χ2v) is 5.88. The van der Waals surface area contributed by atoms with Crippen molar-refractivity contribution in [3.05, 3.63) is 90.4 Å². The summed E-state index contributed by atoms with van der Waals surface area (Å²) in [5.74, 6) is -0.935. The zero-order chi connectivity index (χ0) is 17.2. The topological polar surface area (TPSA) is 55.1 Å². The molecule has 4 aromatic rings.